The molecule has 1 aliphatic rings. The highest BCUT2D eigenvalue weighted by Crippen LogP contribution is 2.40. The number of hydrogen-bond donors (Lipinski definition) is 1. The fourth-order valence-corrected chi connectivity index (χ4v) is 2.22. The Labute approximate surface area is 119 Å². The zero-order chi connectivity index (χ0) is 14.1. The Balaban J connectivity index is 1.97. The molecular formula is C16H20N4. The van der Waals surface area contributed by atoms with Gasteiger partial charge < -0.3 is 10.2 Å². The van der Waals surface area contributed by atoms with Crippen molar-refractivity contribution in [2.45, 2.75) is 18.8 Å². The Morgan fingerprint density at radius 3 is 2.35 bits per heavy atom. The van der Waals surface area contributed by atoms with E-state index in [0.29, 0.717) is 5.92 Å². The van der Waals surface area contributed by atoms with Crippen LogP contribution in [0.3, 0.4) is 0 Å². The van der Waals surface area contributed by atoms with E-state index < -0.39 is 0 Å². The Morgan fingerprint density at radius 1 is 1.10 bits per heavy atom. The summed E-state index contributed by atoms with van der Waals surface area (Å²) in [6.07, 6.45) is 2.50. The van der Waals surface area contributed by atoms with Crippen molar-refractivity contribution in [1.82, 2.24) is 9.97 Å². The van der Waals surface area contributed by atoms with Gasteiger partial charge >= 0.3 is 0 Å². The first-order valence-corrected chi connectivity index (χ1v) is 7.02. The number of anilines is 2. The molecule has 0 saturated heterocycles. The van der Waals surface area contributed by atoms with Gasteiger partial charge in [0.25, 0.3) is 0 Å². The Hall–Kier alpha value is -2.10. The Bertz CT molecular complexity index is 600. The molecule has 1 aliphatic carbocycles. The standard InChI is InChI=1S/C16H20N4/c1-17-15-10-14(11-4-5-11)18-16(19-15)12-6-8-13(9-7-12)20(2)3/h6-11H,4-5H2,1-3H3,(H,17,18,19). The predicted octanol–water partition coefficient (Wildman–Crippen LogP) is 3.13. The van der Waals surface area contributed by atoms with E-state index in [0.717, 1.165) is 22.9 Å². The number of benzene rings is 1. The van der Waals surface area contributed by atoms with Crippen LogP contribution in [0, 0.1) is 0 Å². The molecule has 3 rings (SSSR count). The molecular weight excluding hydrogens is 248 g/mol. The minimum atomic E-state index is 0.630. The van der Waals surface area contributed by atoms with Crippen molar-refractivity contribution in [3.63, 3.8) is 0 Å². The van der Waals surface area contributed by atoms with E-state index in [4.69, 9.17) is 4.98 Å². The van der Waals surface area contributed by atoms with Gasteiger partial charge in [0, 0.05) is 50.1 Å². The topological polar surface area (TPSA) is 41.1 Å². The third-order valence-electron chi connectivity index (χ3n) is 3.64. The van der Waals surface area contributed by atoms with Gasteiger partial charge in [-0.1, -0.05) is 0 Å². The van der Waals surface area contributed by atoms with Gasteiger partial charge in [-0.2, -0.15) is 0 Å². The summed E-state index contributed by atoms with van der Waals surface area (Å²) < 4.78 is 0. The molecule has 1 aromatic heterocycles. The zero-order valence-electron chi connectivity index (χ0n) is 12.2. The maximum atomic E-state index is 4.72. The Kier molecular flexibility index (Phi) is 3.30. The SMILES string of the molecule is CNc1cc(C2CC2)nc(-c2ccc(N(C)C)cc2)n1. The molecule has 20 heavy (non-hydrogen) atoms. The van der Waals surface area contributed by atoms with Crippen LogP contribution in [0.25, 0.3) is 11.4 Å². The van der Waals surface area contributed by atoms with Gasteiger partial charge in [0.2, 0.25) is 0 Å². The molecule has 1 heterocycles. The van der Waals surface area contributed by atoms with Crippen LogP contribution in [-0.4, -0.2) is 31.1 Å². The lowest BCUT2D eigenvalue weighted by atomic mass is 10.1. The van der Waals surface area contributed by atoms with Gasteiger partial charge in [0.15, 0.2) is 5.82 Å². The monoisotopic (exact) mass is 268 g/mol. The van der Waals surface area contributed by atoms with Gasteiger partial charge in [-0.3, -0.25) is 0 Å². The van der Waals surface area contributed by atoms with E-state index in [1.54, 1.807) is 0 Å². The molecule has 0 bridgehead atoms. The van der Waals surface area contributed by atoms with Gasteiger partial charge in [-0.15, -0.1) is 0 Å². The summed E-state index contributed by atoms with van der Waals surface area (Å²) >= 11 is 0. The summed E-state index contributed by atoms with van der Waals surface area (Å²) in [7, 11) is 5.98. The predicted molar refractivity (Wildman–Crippen MR) is 83.3 cm³/mol. The highest BCUT2D eigenvalue weighted by molar-refractivity contribution is 5.62. The second-order valence-electron chi connectivity index (χ2n) is 5.47. The molecule has 4 heteroatoms. The molecule has 104 valence electrons. The highest BCUT2D eigenvalue weighted by Gasteiger charge is 2.26. The normalized spacial score (nSPS) is 14.2. The van der Waals surface area contributed by atoms with Crippen molar-refractivity contribution in [2.75, 3.05) is 31.4 Å². The summed E-state index contributed by atoms with van der Waals surface area (Å²) in [5, 5.41) is 3.13. The minimum absolute atomic E-state index is 0.630. The van der Waals surface area contributed by atoms with Crippen LogP contribution < -0.4 is 10.2 Å². The average Bonchev–Trinajstić information content (AvgIpc) is 3.31. The number of nitrogens with one attached hydrogen (secondary N) is 1. The first-order chi connectivity index (χ1) is 9.67. The summed E-state index contributed by atoms with van der Waals surface area (Å²) in [6.45, 7) is 0. The van der Waals surface area contributed by atoms with Crippen LogP contribution in [0.5, 0.6) is 0 Å². The van der Waals surface area contributed by atoms with E-state index in [9.17, 15) is 0 Å². The van der Waals surface area contributed by atoms with E-state index >= 15 is 0 Å². The minimum Gasteiger partial charge on any atom is -0.378 e. The zero-order valence-corrected chi connectivity index (χ0v) is 12.2. The number of nitrogens with zero attached hydrogens (tertiary/aromatic N) is 3. The summed E-state index contributed by atoms with van der Waals surface area (Å²) in [5.41, 5.74) is 3.41. The molecule has 2 aromatic rings. The van der Waals surface area contributed by atoms with Crippen molar-refractivity contribution in [1.29, 1.82) is 0 Å². The van der Waals surface area contributed by atoms with Crippen LogP contribution in [0.2, 0.25) is 0 Å². The van der Waals surface area contributed by atoms with Crippen LogP contribution in [0.1, 0.15) is 24.5 Å². The number of rotatable bonds is 4. The van der Waals surface area contributed by atoms with Crippen molar-refractivity contribution in [3.05, 3.63) is 36.0 Å². The summed E-state index contributed by atoms with van der Waals surface area (Å²) in [6, 6.07) is 10.4. The van der Waals surface area contributed by atoms with Gasteiger partial charge in [0.05, 0.1) is 0 Å². The second kappa shape index (κ2) is 5.12. The lowest BCUT2D eigenvalue weighted by Gasteiger charge is -2.13. The molecule has 0 unspecified atom stereocenters. The first kappa shape index (κ1) is 12.9. The molecule has 1 fully saturated rings. The van der Waals surface area contributed by atoms with Crippen molar-refractivity contribution in [2.24, 2.45) is 0 Å². The van der Waals surface area contributed by atoms with Crippen molar-refractivity contribution >= 4 is 11.5 Å². The Morgan fingerprint density at radius 2 is 1.80 bits per heavy atom. The maximum Gasteiger partial charge on any atom is 0.161 e. The van der Waals surface area contributed by atoms with Crippen LogP contribution in [0.4, 0.5) is 11.5 Å². The fourth-order valence-electron chi connectivity index (χ4n) is 2.22. The van der Waals surface area contributed by atoms with Gasteiger partial charge in [-0.25, -0.2) is 9.97 Å². The van der Waals surface area contributed by atoms with E-state index in [2.05, 4.69) is 45.5 Å². The number of hydrogen-bond acceptors (Lipinski definition) is 4. The summed E-state index contributed by atoms with van der Waals surface area (Å²) in [5.74, 6) is 2.34. The fraction of sp³-hybridized carbons (Fsp3) is 0.375. The lowest BCUT2D eigenvalue weighted by Crippen LogP contribution is -2.08. The van der Waals surface area contributed by atoms with Crippen molar-refractivity contribution in [3.8, 4) is 11.4 Å². The molecule has 0 amide bonds. The largest absolute Gasteiger partial charge is 0.378 e. The van der Waals surface area contributed by atoms with E-state index in [-0.39, 0.29) is 0 Å². The van der Waals surface area contributed by atoms with Crippen LogP contribution >= 0.6 is 0 Å². The molecule has 1 N–H and O–H groups in total. The van der Waals surface area contributed by atoms with Gasteiger partial charge in [0.1, 0.15) is 5.82 Å². The van der Waals surface area contributed by atoms with Crippen LogP contribution in [-0.2, 0) is 0 Å². The molecule has 0 spiro atoms. The molecule has 0 aliphatic heterocycles. The van der Waals surface area contributed by atoms with Crippen molar-refractivity contribution < 1.29 is 0 Å². The molecule has 1 aromatic carbocycles. The highest BCUT2D eigenvalue weighted by atomic mass is 15.1. The van der Waals surface area contributed by atoms with E-state index in [1.807, 2.05) is 21.1 Å². The van der Waals surface area contributed by atoms with E-state index in [1.165, 1.54) is 18.5 Å². The smallest absolute Gasteiger partial charge is 0.161 e. The molecule has 0 atom stereocenters. The maximum absolute atomic E-state index is 4.72. The quantitative estimate of drug-likeness (QED) is 0.925. The number of aromatic nitrogens is 2. The third-order valence-corrected chi connectivity index (χ3v) is 3.64. The second-order valence-corrected chi connectivity index (χ2v) is 5.47. The van der Waals surface area contributed by atoms with Crippen LogP contribution in [0.15, 0.2) is 30.3 Å². The van der Waals surface area contributed by atoms with Gasteiger partial charge in [-0.05, 0) is 37.1 Å². The lowest BCUT2D eigenvalue weighted by molar-refractivity contribution is 0.994. The third kappa shape index (κ3) is 2.59. The average molecular weight is 268 g/mol. The molecule has 1 saturated carbocycles. The molecule has 0 radical (unpaired) electrons. The summed E-state index contributed by atoms with van der Waals surface area (Å²) in [4.78, 5) is 11.4. The molecule has 4 nitrogen and oxygen atoms in total. The first-order valence-electron chi connectivity index (χ1n) is 7.02.